The maximum absolute atomic E-state index is 11.6. The summed E-state index contributed by atoms with van der Waals surface area (Å²) in [7, 11) is 1.35. The Balaban J connectivity index is 1.80. The number of esters is 1. The number of carbonyl (C=O) groups excluding carboxylic acids is 1. The average molecular weight is 369 g/mol. The van der Waals surface area contributed by atoms with E-state index in [-0.39, 0.29) is 0 Å². The molecule has 0 unspecified atom stereocenters. The molecule has 0 aliphatic carbocycles. The number of benzene rings is 2. The molecule has 3 aromatic rings. The molecule has 2 aromatic carbocycles. The second-order valence-corrected chi connectivity index (χ2v) is 5.93. The van der Waals surface area contributed by atoms with Crippen LogP contribution in [0.1, 0.15) is 15.9 Å². The molecule has 6 nitrogen and oxygen atoms in total. The Morgan fingerprint density at radius 3 is 2.54 bits per heavy atom. The summed E-state index contributed by atoms with van der Waals surface area (Å²) in [5.41, 5.74) is 2.99. The fourth-order valence-electron chi connectivity index (χ4n) is 2.36. The van der Waals surface area contributed by atoms with Crippen molar-refractivity contribution in [1.82, 2.24) is 9.97 Å². The van der Waals surface area contributed by atoms with Crippen molar-refractivity contribution >= 4 is 40.6 Å². The number of anilines is 4. The van der Waals surface area contributed by atoms with Crippen LogP contribution in [0.2, 0.25) is 5.02 Å². The Labute approximate surface area is 156 Å². The minimum absolute atomic E-state index is 0.393. The average Bonchev–Trinajstić information content (AvgIpc) is 2.65. The summed E-state index contributed by atoms with van der Waals surface area (Å²) in [6.07, 6.45) is 1.45. The van der Waals surface area contributed by atoms with Crippen LogP contribution in [-0.4, -0.2) is 23.0 Å². The minimum Gasteiger partial charge on any atom is -0.465 e. The van der Waals surface area contributed by atoms with Crippen LogP contribution in [0.3, 0.4) is 0 Å². The van der Waals surface area contributed by atoms with Crippen molar-refractivity contribution in [3.05, 3.63) is 71.0 Å². The Kier molecular flexibility index (Phi) is 5.34. The summed E-state index contributed by atoms with van der Waals surface area (Å²) < 4.78 is 4.73. The lowest BCUT2D eigenvalue weighted by atomic mass is 10.2. The molecule has 0 radical (unpaired) electrons. The fourth-order valence-corrected chi connectivity index (χ4v) is 2.54. The topological polar surface area (TPSA) is 76.1 Å². The normalized spacial score (nSPS) is 10.3. The van der Waals surface area contributed by atoms with Gasteiger partial charge in [-0.3, -0.25) is 0 Å². The summed E-state index contributed by atoms with van der Waals surface area (Å²) in [6.45, 7) is 1.93. The third-order valence-electron chi connectivity index (χ3n) is 3.75. The van der Waals surface area contributed by atoms with Gasteiger partial charge in [-0.15, -0.1) is 0 Å². The number of hydrogen-bond acceptors (Lipinski definition) is 6. The van der Waals surface area contributed by atoms with Gasteiger partial charge in [0.05, 0.1) is 12.7 Å². The largest absolute Gasteiger partial charge is 0.465 e. The number of rotatable bonds is 5. The highest BCUT2D eigenvalue weighted by molar-refractivity contribution is 6.31. The first-order chi connectivity index (χ1) is 12.6. The summed E-state index contributed by atoms with van der Waals surface area (Å²) >= 11 is 6.15. The molecule has 7 heteroatoms. The zero-order chi connectivity index (χ0) is 18.5. The number of nitrogens with zero attached hydrogens (tertiary/aromatic N) is 2. The van der Waals surface area contributed by atoms with E-state index in [1.165, 1.54) is 13.4 Å². The fraction of sp³-hybridized carbons (Fsp3) is 0.105. The van der Waals surface area contributed by atoms with Gasteiger partial charge < -0.3 is 15.4 Å². The van der Waals surface area contributed by atoms with E-state index in [2.05, 4.69) is 20.6 Å². The van der Waals surface area contributed by atoms with Gasteiger partial charge in [-0.25, -0.2) is 14.8 Å². The number of hydrogen-bond donors (Lipinski definition) is 2. The summed E-state index contributed by atoms with van der Waals surface area (Å²) in [6, 6.07) is 14.4. The maximum Gasteiger partial charge on any atom is 0.337 e. The lowest BCUT2D eigenvalue weighted by Crippen LogP contribution is -2.03. The smallest absolute Gasteiger partial charge is 0.337 e. The molecule has 0 aliphatic heterocycles. The molecule has 0 atom stereocenters. The van der Waals surface area contributed by atoms with Crippen LogP contribution in [-0.2, 0) is 4.74 Å². The third kappa shape index (κ3) is 4.10. The third-order valence-corrected chi connectivity index (χ3v) is 4.16. The molecule has 0 saturated heterocycles. The van der Waals surface area contributed by atoms with Crippen molar-refractivity contribution in [2.75, 3.05) is 17.7 Å². The van der Waals surface area contributed by atoms with E-state index in [1.807, 2.05) is 31.2 Å². The SMILES string of the molecule is COC(=O)c1cccc(Nc2cc(Nc3cccc(Cl)c3C)ncn2)c1. The molecule has 0 bridgehead atoms. The van der Waals surface area contributed by atoms with Crippen molar-refractivity contribution in [3.8, 4) is 0 Å². The molecule has 1 heterocycles. The van der Waals surface area contributed by atoms with Gasteiger partial charge in [0, 0.05) is 22.5 Å². The van der Waals surface area contributed by atoms with Crippen LogP contribution in [0.15, 0.2) is 54.9 Å². The summed E-state index contributed by atoms with van der Waals surface area (Å²) in [4.78, 5) is 20.1. The van der Waals surface area contributed by atoms with Gasteiger partial charge in [0.1, 0.15) is 18.0 Å². The second kappa shape index (κ2) is 7.84. The van der Waals surface area contributed by atoms with Gasteiger partial charge in [-0.05, 0) is 42.8 Å². The molecule has 2 N–H and O–H groups in total. The van der Waals surface area contributed by atoms with Gasteiger partial charge in [0.15, 0.2) is 0 Å². The van der Waals surface area contributed by atoms with Crippen LogP contribution in [0, 0.1) is 6.92 Å². The Morgan fingerprint density at radius 1 is 1.04 bits per heavy atom. The van der Waals surface area contributed by atoms with E-state index in [0.717, 1.165) is 16.9 Å². The highest BCUT2D eigenvalue weighted by Crippen LogP contribution is 2.26. The molecule has 0 amide bonds. The predicted octanol–water partition coefficient (Wildman–Crippen LogP) is 4.71. The van der Waals surface area contributed by atoms with Crippen molar-refractivity contribution in [2.24, 2.45) is 0 Å². The number of nitrogens with one attached hydrogen (secondary N) is 2. The van der Waals surface area contributed by atoms with Gasteiger partial charge in [0.2, 0.25) is 0 Å². The monoisotopic (exact) mass is 368 g/mol. The van der Waals surface area contributed by atoms with Gasteiger partial charge in [-0.1, -0.05) is 23.7 Å². The molecule has 3 rings (SSSR count). The van der Waals surface area contributed by atoms with Crippen molar-refractivity contribution in [1.29, 1.82) is 0 Å². The number of aromatic nitrogens is 2. The molecule has 132 valence electrons. The molecule has 26 heavy (non-hydrogen) atoms. The molecule has 1 aromatic heterocycles. The zero-order valence-electron chi connectivity index (χ0n) is 14.3. The Bertz CT molecular complexity index is 946. The van der Waals surface area contributed by atoms with E-state index >= 15 is 0 Å². The molecular weight excluding hydrogens is 352 g/mol. The van der Waals surface area contributed by atoms with Crippen LogP contribution in [0.4, 0.5) is 23.0 Å². The van der Waals surface area contributed by atoms with Crippen LogP contribution in [0.5, 0.6) is 0 Å². The maximum atomic E-state index is 11.6. The molecule has 0 fully saturated rings. The molecule has 0 spiro atoms. The predicted molar refractivity (Wildman–Crippen MR) is 103 cm³/mol. The van der Waals surface area contributed by atoms with Crippen LogP contribution >= 0.6 is 11.6 Å². The zero-order valence-corrected chi connectivity index (χ0v) is 15.0. The lowest BCUT2D eigenvalue weighted by Gasteiger charge is -2.11. The molecular formula is C19H17ClN4O2. The number of carbonyl (C=O) groups is 1. The van der Waals surface area contributed by atoms with Crippen LogP contribution in [0.25, 0.3) is 0 Å². The van der Waals surface area contributed by atoms with Crippen LogP contribution < -0.4 is 10.6 Å². The van der Waals surface area contributed by atoms with Crippen molar-refractivity contribution in [2.45, 2.75) is 6.92 Å². The molecule has 0 aliphatic rings. The van der Waals surface area contributed by atoms with Gasteiger partial charge in [0.25, 0.3) is 0 Å². The number of methoxy groups -OCH3 is 1. The standard InChI is InChI=1S/C19H17ClN4O2/c1-12-15(20)7-4-8-16(12)24-18-10-17(21-11-22-18)23-14-6-3-5-13(9-14)19(25)26-2/h3-11H,1-2H3,(H2,21,22,23,24). The van der Waals surface area contributed by atoms with Crippen molar-refractivity contribution in [3.63, 3.8) is 0 Å². The highest BCUT2D eigenvalue weighted by atomic mass is 35.5. The lowest BCUT2D eigenvalue weighted by molar-refractivity contribution is 0.0601. The molecule has 0 saturated carbocycles. The minimum atomic E-state index is -0.393. The first kappa shape index (κ1) is 17.7. The Morgan fingerprint density at radius 2 is 1.77 bits per heavy atom. The van der Waals surface area contributed by atoms with Gasteiger partial charge in [-0.2, -0.15) is 0 Å². The first-order valence-electron chi connectivity index (χ1n) is 7.86. The van der Waals surface area contributed by atoms with E-state index in [1.54, 1.807) is 24.3 Å². The summed E-state index contributed by atoms with van der Waals surface area (Å²) in [5, 5.41) is 7.06. The Hall–Kier alpha value is -3.12. The second-order valence-electron chi connectivity index (χ2n) is 5.52. The first-order valence-corrected chi connectivity index (χ1v) is 8.24. The quantitative estimate of drug-likeness (QED) is 0.635. The number of ether oxygens (including phenoxy) is 1. The highest BCUT2D eigenvalue weighted by Gasteiger charge is 2.07. The van der Waals surface area contributed by atoms with Gasteiger partial charge >= 0.3 is 5.97 Å². The van der Waals surface area contributed by atoms with E-state index in [9.17, 15) is 4.79 Å². The van der Waals surface area contributed by atoms with E-state index < -0.39 is 5.97 Å². The van der Waals surface area contributed by atoms with Crippen molar-refractivity contribution < 1.29 is 9.53 Å². The van der Waals surface area contributed by atoms with E-state index in [4.69, 9.17) is 16.3 Å². The van der Waals surface area contributed by atoms with E-state index in [0.29, 0.717) is 22.2 Å². The number of halogens is 1. The summed E-state index contributed by atoms with van der Waals surface area (Å²) in [5.74, 6) is 0.816.